The molecule has 2 aromatic carbocycles. The largest absolute Gasteiger partial charge is 0.573 e. The minimum atomic E-state index is -4.80. The van der Waals surface area contributed by atoms with Gasteiger partial charge < -0.3 is 20.3 Å². The van der Waals surface area contributed by atoms with Gasteiger partial charge in [-0.25, -0.2) is 4.98 Å². The van der Waals surface area contributed by atoms with Crippen LogP contribution in [0.2, 0.25) is 0 Å². The molecule has 11 heteroatoms. The van der Waals surface area contributed by atoms with E-state index in [2.05, 4.69) is 36.3 Å². The van der Waals surface area contributed by atoms with Crippen LogP contribution in [0.4, 0.5) is 24.9 Å². The Balaban J connectivity index is 1.28. The standard InChI is InChI=1S/C26H29BrF3N5O2/c1-35(2)24-20-5-3-4-6-21(20)33-25(34-24)32-19-12-10-18(11-13-19)31-23(36)14-8-16-7-9-17(27)15-22(16)37-26(28,29)30/h3-7,9,15,18-19H,8,10-14H2,1-2H3,(H,31,36)(H,32,33,34). The van der Waals surface area contributed by atoms with Gasteiger partial charge in [0.15, 0.2) is 0 Å². The van der Waals surface area contributed by atoms with Gasteiger partial charge in [-0.3, -0.25) is 4.79 Å². The number of amides is 1. The van der Waals surface area contributed by atoms with Crippen LogP contribution in [0.15, 0.2) is 46.9 Å². The second kappa shape index (κ2) is 11.5. The number of benzene rings is 2. The van der Waals surface area contributed by atoms with Crippen LogP contribution in [0.3, 0.4) is 0 Å². The van der Waals surface area contributed by atoms with Crippen LogP contribution in [-0.2, 0) is 11.2 Å². The van der Waals surface area contributed by atoms with Gasteiger partial charge in [-0.05, 0) is 61.9 Å². The molecule has 1 saturated carbocycles. The molecule has 1 heterocycles. The lowest BCUT2D eigenvalue weighted by molar-refractivity contribution is -0.274. The van der Waals surface area contributed by atoms with Crippen LogP contribution >= 0.6 is 15.9 Å². The monoisotopic (exact) mass is 579 g/mol. The normalized spacial score (nSPS) is 17.9. The summed E-state index contributed by atoms with van der Waals surface area (Å²) >= 11 is 3.15. The third kappa shape index (κ3) is 7.47. The zero-order valence-electron chi connectivity index (χ0n) is 20.6. The summed E-state index contributed by atoms with van der Waals surface area (Å²) in [5.41, 5.74) is 1.20. The fourth-order valence-corrected chi connectivity index (χ4v) is 4.87. The van der Waals surface area contributed by atoms with E-state index in [1.807, 2.05) is 43.3 Å². The van der Waals surface area contributed by atoms with Crippen LogP contribution in [-0.4, -0.2) is 48.4 Å². The summed E-state index contributed by atoms with van der Waals surface area (Å²) in [7, 11) is 3.90. The molecule has 37 heavy (non-hydrogen) atoms. The number of anilines is 2. The maximum Gasteiger partial charge on any atom is 0.573 e. The van der Waals surface area contributed by atoms with Gasteiger partial charge in [0.05, 0.1) is 5.52 Å². The fraction of sp³-hybridized carbons (Fsp3) is 0.423. The molecular formula is C26H29BrF3N5O2. The van der Waals surface area contributed by atoms with Crippen LogP contribution in [0.25, 0.3) is 10.9 Å². The summed E-state index contributed by atoms with van der Waals surface area (Å²) < 4.78 is 42.8. The van der Waals surface area contributed by atoms with Crippen molar-refractivity contribution < 1.29 is 22.7 Å². The number of aryl methyl sites for hydroxylation is 1. The highest BCUT2D eigenvalue weighted by Gasteiger charge is 2.32. The number of alkyl halides is 3. The van der Waals surface area contributed by atoms with E-state index in [1.54, 1.807) is 6.07 Å². The highest BCUT2D eigenvalue weighted by molar-refractivity contribution is 9.10. The highest BCUT2D eigenvalue weighted by Crippen LogP contribution is 2.30. The van der Waals surface area contributed by atoms with Gasteiger partial charge in [-0.2, -0.15) is 4.98 Å². The second-order valence-electron chi connectivity index (χ2n) is 9.34. The summed E-state index contributed by atoms with van der Waals surface area (Å²) in [5, 5.41) is 7.46. The average Bonchev–Trinajstić information content (AvgIpc) is 2.83. The lowest BCUT2D eigenvalue weighted by Gasteiger charge is -2.30. The first kappa shape index (κ1) is 27.0. The molecule has 0 bridgehead atoms. The van der Waals surface area contributed by atoms with Gasteiger partial charge in [0.25, 0.3) is 0 Å². The molecule has 1 aliphatic rings. The number of para-hydroxylation sites is 1. The van der Waals surface area contributed by atoms with E-state index in [-0.39, 0.29) is 36.6 Å². The van der Waals surface area contributed by atoms with Crippen LogP contribution < -0.4 is 20.3 Å². The van der Waals surface area contributed by atoms with E-state index >= 15 is 0 Å². The van der Waals surface area contributed by atoms with E-state index in [0.29, 0.717) is 16.0 Å². The quantitative estimate of drug-likeness (QED) is 0.349. The number of aromatic nitrogens is 2. The summed E-state index contributed by atoms with van der Waals surface area (Å²) in [6.45, 7) is 0. The molecular weight excluding hydrogens is 551 g/mol. The average molecular weight is 580 g/mol. The number of fused-ring (bicyclic) bond motifs is 1. The summed E-state index contributed by atoms with van der Waals surface area (Å²) in [5.74, 6) is 0.949. The van der Waals surface area contributed by atoms with E-state index in [4.69, 9.17) is 4.98 Å². The summed E-state index contributed by atoms with van der Waals surface area (Å²) in [6.07, 6.45) is -1.31. The molecule has 0 spiro atoms. The van der Waals surface area contributed by atoms with Crippen molar-refractivity contribution in [3.8, 4) is 5.75 Å². The van der Waals surface area contributed by atoms with Gasteiger partial charge in [-0.1, -0.05) is 34.1 Å². The van der Waals surface area contributed by atoms with Gasteiger partial charge in [-0.15, -0.1) is 13.2 Å². The first-order valence-corrected chi connectivity index (χ1v) is 12.9. The highest BCUT2D eigenvalue weighted by atomic mass is 79.9. The zero-order chi connectivity index (χ0) is 26.6. The molecule has 0 radical (unpaired) electrons. The Morgan fingerprint density at radius 3 is 2.49 bits per heavy atom. The Labute approximate surface area is 221 Å². The lowest BCUT2D eigenvalue weighted by atomic mass is 9.91. The number of hydrogen-bond acceptors (Lipinski definition) is 6. The number of halogens is 4. The molecule has 1 aromatic heterocycles. The SMILES string of the molecule is CN(C)c1nc(NC2CCC(NC(=O)CCc3ccc(Br)cc3OC(F)(F)F)CC2)nc2ccccc12. The number of hydrogen-bond donors (Lipinski definition) is 2. The van der Waals surface area contributed by atoms with Gasteiger partial charge in [0.2, 0.25) is 11.9 Å². The molecule has 7 nitrogen and oxygen atoms in total. The maximum absolute atomic E-state index is 12.7. The maximum atomic E-state index is 12.7. The third-order valence-corrected chi connectivity index (χ3v) is 6.80. The van der Waals surface area contributed by atoms with Crippen molar-refractivity contribution in [2.45, 2.75) is 57.0 Å². The third-order valence-electron chi connectivity index (χ3n) is 6.31. The lowest BCUT2D eigenvalue weighted by Crippen LogP contribution is -2.40. The molecule has 0 saturated heterocycles. The number of ether oxygens (including phenoxy) is 1. The van der Waals surface area contributed by atoms with E-state index < -0.39 is 6.36 Å². The molecule has 3 aromatic rings. The van der Waals surface area contributed by atoms with Crippen LogP contribution in [0.5, 0.6) is 5.75 Å². The number of carbonyl (C=O) groups excluding carboxylic acids is 1. The summed E-state index contributed by atoms with van der Waals surface area (Å²) in [4.78, 5) is 23.9. The minimum absolute atomic E-state index is 0.0243. The fourth-order valence-electron chi connectivity index (χ4n) is 4.53. The molecule has 198 valence electrons. The predicted molar refractivity (Wildman–Crippen MR) is 141 cm³/mol. The molecule has 1 fully saturated rings. The smallest absolute Gasteiger partial charge is 0.405 e. The molecule has 1 amide bonds. The van der Waals surface area contributed by atoms with Gasteiger partial charge in [0, 0.05) is 42.5 Å². The molecule has 2 N–H and O–H groups in total. The van der Waals surface area contributed by atoms with E-state index in [1.165, 1.54) is 12.1 Å². The van der Waals surface area contributed by atoms with Crippen molar-refractivity contribution in [2.75, 3.05) is 24.3 Å². The molecule has 1 aliphatic carbocycles. The molecule has 0 unspecified atom stereocenters. The minimum Gasteiger partial charge on any atom is -0.405 e. The first-order valence-electron chi connectivity index (χ1n) is 12.1. The van der Waals surface area contributed by atoms with Crippen molar-refractivity contribution in [3.05, 3.63) is 52.5 Å². The summed E-state index contributed by atoms with van der Waals surface area (Å²) in [6, 6.07) is 12.5. The number of nitrogens with zero attached hydrogens (tertiary/aromatic N) is 3. The number of nitrogens with one attached hydrogen (secondary N) is 2. The van der Waals surface area contributed by atoms with Crippen molar-refractivity contribution >= 4 is 44.5 Å². The first-order chi connectivity index (χ1) is 17.6. The molecule has 0 aliphatic heterocycles. The Morgan fingerprint density at radius 1 is 1.08 bits per heavy atom. The Morgan fingerprint density at radius 2 is 1.78 bits per heavy atom. The predicted octanol–water partition coefficient (Wildman–Crippen LogP) is 5.83. The number of rotatable bonds is 8. The second-order valence-corrected chi connectivity index (χ2v) is 10.3. The topological polar surface area (TPSA) is 79.4 Å². The van der Waals surface area contributed by atoms with Crippen molar-refractivity contribution in [2.24, 2.45) is 0 Å². The van der Waals surface area contributed by atoms with Crippen LogP contribution in [0.1, 0.15) is 37.7 Å². The molecule has 0 atom stereocenters. The van der Waals surface area contributed by atoms with Gasteiger partial charge >= 0.3 is 6.36 Å². The Kier molecular flexibility index (Phi) is 8.41. The van der Waals surface area contributed by atoms with Crippen LogP contribution in [0, 0.1) is 0 Å². The van der Waals surface area contributed by atoms with Crippen molar-refractivity contribution in [1.29, 1.82) is 0 Å². The Bertz CT molecular complexity index is 1250. The van der Waals surface area contributed by atoms with E-state index in [9.17, 15) is 18.0 Å². The molecule has 4 rings (SSSR count). The zero-order valence-corrected chi connectivity index (χ0v) is 22.2. The van der Waals surface area contributed by atoms with E-state index in [0.717, 1.165) is 42.4 Å². The van der Waals surface area contributed by atoms with Gasteiger partial charge in [0.1, 0.15) is 11.6 Å². The van der Waals surface area contributed by atoms with Crippen molar-refractivity contribution in [1.82, 2.24) is 15.3 Å². The van der Waals surface area contributed by atoms with Crippen molar-refractivity contribution in [3.63, 3.8) is 0 Å². The number of carbonyl (C=O) groups is 1. The Hall–Kier alpha value is -3.08.